The molecule has 0 fully saturated rings. The Labute approximate surface area is 150 Å². The van der Waals surface area contributed by atoms with Gasteiger partial charge in [0, 0.05) is 11.8 Å². The number of carbonyl (C=O) groups is 1. The van der Waals surface area contributed by atoms with Crippen LogP contribution in [0.25, 0.3) is 11.3 Å². The molecule has 1 amide bonds. The Kier molecular flexibility index (Phi) is 4.89. The van der Waals surface area contributed by atoms with Gasteiger partial charge in [0.15, 0.2) is 23.7 Å². The number of hydrogen-bond donors (Lipinski definition) is 1. The molecule has 2 aromatic heterocycles. The van der Waals surface area contributed by atoms with E-state index in [2.05, 4.69) is 20.3 Å². The standard InChI is InChI=1S/C17H12F4N4O2/c1-9(15-22-7-6-12(25-15)17(19,20)21)24-16(26)13-14(27-8-23-13)10-2-4-11(18)5-3-10/h2-9H,1H3,(H,24,26). The van der Waals surface area contributed by atoms with Gasteiger partial charge in [0.05, 0.1) is 6.04 Å². The number of nitrogens with zero attached hydrogens (tertiary/aromatic N) is 3. The van der Waals surface area contributed by atoms with Crippen molar-refractivity contribution in [3.05, 3.63) is 66.0 Å². The minimum atomic E-state index is -4.62. The molecule has 0 saturated carbocycles. The quantitative estimate of drug-likeness (QED) is 0.697. The monoisotopic (exact) mass is 380 g/mol. The molecule has 1 unspecified atom stereocenters. The molecule has 0 aliphatic carbocycles. The van der Waals surface area contributed by atoms with Crippen molar-refractivity contribution in [2.75, 3.05) is 0 Å². The van der Waals surface area contributed by atoms with Crippen LogP contribution in [0.5, 0.6) is 0 Å². The first-order chi connectivity index (χ1) is 12.8. The van der Waals surface area contributed by atoms with Gasteiger partial charge in [0.2, 0.25) is 0 Å². The molecule has 0 radical (unpaired) electrons. The SMILES string of the molecule is CC(NC(=O)c1ncoc1-c1ccc(F)cc1)c1nccc(C(F)(F)F)n1. The maximum absolute atomic E-state index is 13.0. The lowest BCUT2D eigenvalue weighted by Gasteiger charge is -2.13. The summed E-state index contributed by atoms with van der Waals surface area (Å²) in [6.45, 7) is 1.44. The first-order valence-corrected chi connectivity index (χ1v) is 7.66. The van der Waals surface area contributed by atoms with Gasteiger partial charge in [-0.15, -0.1) is 0 Å². The van der Waals surface area contributed by atoms with Crippen LogP contribution in [-0.2, 0) is 6.18 Å². The molecule has 2 heterocycles. The Balaban J connectivity index is 1.80. The van der Waals surface area contributed by atoms with Crippen LogP contribution < -0.4 is 5.32 Å². The van der Waals surface area contributed by atoms with Crippen LogP contribution in [0.3, 0.4) is 0 Å². The molecule has 6 nitrogen and oxygen atoms in total. The van der Waals surface area contributed by atoms with Gasteiger partial charge in [-0.2, -0.15) is 13.2 Å². The van der Waals surface area contributed by atoms with Crippen molar-refractivity contribution in [1.29, 1.82) is 0 Å². The normalized spacial score (nSPS) is 12.6. The Hall–Kier alpha value is -3.30. The number of halogens is 4. The molecule has 3 aromatic rings. The van der Waals surface area contributed by atoms with E-state index >= 15 is 0 Å². The van der Waals surface area contributed by atoms with Gasteiger partial charge in [0.25, 0.3) is 5.91 Å². The van der Waals surface area contributed by atoms with E-state index in [1.165, 1.54) is 31.2 Å². The van der Waals surface area contributed by atoms with E-state index in [0.717, 1.165) is 18.7 Å². The molecule has 1 N–H and O–H groups in total. The highest BCUT2D eigenvalue weighted by Gasteiger charge is 2.33. The largest absolute Gasteiger partial charge is 0.443 e. The van der Waals surface area contributed by atoms with Crippen molar-refractivity contribution in [2.24, 2.45) is 0 Å². The predicted molar refractivity (Wildman–Crippen MR) is 84.8 cm³/mol. The van der Waals surface area contributed by atoms with Crippen molar-refractivity contribution in [3.8, 4) is 11.3 Å². The maximum Gasteiger partial charge on any atom is 0.433 e. The molecule has 0 aliphatic rings. The van der Waals surface area contributed by atoms with Crippen molar-refractivity contribution in [2.45, 2.75) is 19.1 Å². The number of rotatable bonds is 4. The van der Waals surface area contributed by atoms with Crippen LogP contribution in [0, 0.1) is 5.82 Å². The number of carbonyl (C=O) groups excluding carboxylic acids is 1. The van der Waals surface area contributed by atoms with E-state index in [1.807, 2.05) is 0 Å². The second-order valence-electron chi connectivity index (χ2n) is 5.53. The second kappa shape index (κ2) is 7.14. The van der Waals surface area contributed by atoms with Crippen molar-refractivity contribution >= 4 is 5.91 Å². The fraction of sp³-hybridized carbons (Fsp3) is 0.176. The summed E-state index contributed by atoms with van der Waals surface area (Å²) in [6, 6.07) is 5.02. The van der Waals surface area contributed by atoms with E-state index in [9.17, 15) is 22.4 Å². The van der Waals surface area contributed by atoms with Gasteiger partial charge in [-0.3, -0.25) is 4.79 Å². The number of hydrogen-bond acceptors (Lipinski definition) is 5. The Morgan fingerprint density at radius 1 is 1.15 bits per heavy atom. The van der Waals surface area contributed by atoms with Gasteiger partial charge in [-0.05, 0) is 37.3 Å². The lowest BCUT2D eigenvalue weighted by atomic mass is 10.1. The predicted octanol–water partition coefficient (Wildman–Crippen LogP) is 3.78. The molecular weight excluding hydrogens is 368 g/mol. The highest BCUT2D eigenvalue weighted by molar-refractivity contribution is 5.97. The molecule has 10 heteroatoms. The fourth-order valence-corrected chi connectivity index (χ4v) is 2.28. The summed E-state index contributed by atoms with van der Waals surface area (Å²) in [7, 11) is 0. The van der Waals surface area contributed by atoms with Gasteiger partial charge < -0.3 is 9.73 Å². The number of alkyl halides is 3. The molecule has 0 bridgehead atoms. The molecule has 3 rings (SSSR count). The third-order valence-corrected chi connectivity index (χ3v) is 3.59. The van der Waals surface area contributed by atoms with E-state index < -0.39 is 29.6 Å². The van der Waals surface area contributed by atoms with E-state index in [-0.39, 0.29) is 17.3 Å². The number of aromatic nitrogens is 3. The lowest BCUT2D eigenvalue weighted by Crippen LogP contribution is -2.29. The average molecular weight is 380 g/mol. The van der Waals surface area contributed by atoms with Gasteiger partial charge >= 0.3 is 6.18 Å². The van der Waals surface area contributed by atoms with Crippen molar-refractivity contribution < 1.29 is 26.8 Å². The molecule has 0 saturated heterocycles. The third-order valence-electron chi connectivity index (χ3n) is 3.59. The highest BCUT2D eigenvalue weighted by atomic mass is 19.4. The fourth-order valence-electron chi connectivity index (χ4n) is 2.28. The Bertz CT molecular complexity index is 954. The average Bonchev–Trinajstić information content (AvgIpc) is 3.11. The highest BCUT2D eigenvalue weighted by Crippen LogP contribution is 2.28. The first kappa shape index (κ1) is 18.5. The van der Waals surface area contributed by atoms with Crippen LogP contribution in [0.15, 0.2) is 47.3 Å². The van der Waals surface area contributed by atoms with Crippen molar-refractivity contribution in [1.82, 2.24) is 20.3 Å². The number of oxazole rings is 1. The topological polar surface area (TPSA) is 80.9 Å². The molecule has 140 valence electrons. The van der Waals surface area contributed by atoms with Crippen LogP contribution in [-0.4, -0.2) is 20.9 Å². The number of amides is 1. The van der Waals surface area contributed by atoms with Crippen LogP contribution in [0.4, 0.5) is 17.6 Å². The third kappa shape index (κ3) is 4.10. The molecule has 27 heavy (non-hydrogen) atoms. The summed E-state index contributed by atoms with van der Waals surface area (Å²) in [5.41, 5.74) is -0.788. The van der Waals surface area contributed by atoms with Crippen LogP contribution in [0.1, 0.15) is 35.0 Å². The summed E-state index contributed by atoms with van der Waals surface area (Å²) in [5, 5.41) is 2.47. The summed E-state index contributed by atoms with van der Waals surface area (Å²) in [5.74, 6) is -1.26. The van der Waals surface area contributed by atoms with E-state index in [0.29, 0.717) is 5.56 Å². The molecule has 1 aromatic carbocycles. The van der Waals surface area contributed by atoms with E-state index in [1.54, 1.807) is 0 Å². The maximum atomic E-state index is 13.0. The lowest BCUT2D eigenvalue weighted by molar-refractivity contribution is -0.141. The Morgan fingerprint density at radius 2 is 1.85 bits per heavy atom. The molecule has 1 atom stereocenters. The van der Waals surface area contributed by atoms with Crippen LogP contribution in [0.2, 0.25) is 0 Å². The minimum absolute atomic E-state index is 0.0968. The molecular formula is C17H12F4N4O2. The Morgan fingerprint density at radius 3 is 2.52 bits per heavy atom. The number of benzene rings is 1. The van der Waals surface area contributed by atoms with Crippen LogP contribution >= 0.6 is 0 Å². The van der Waals surface area contributed by atoms with Gasteiger partial charge in [0.1, 0.15) is 11.5 Å². The number of nitrogens with one attached hydrogen (secondary N) is 1. The zero-order valence-electron chi connectivity index (χ0n) is 13.8. The first-order valence-electron chi connectivity index (χ1n) is 7.66. The zero-order chi connectivity index (χ0) is 19.6. The summed E-state index contributed by atoms with van der Waals surface area (Å²) in [6.07, 6.45) is -2.61. The smallest absolute Gasteiger partial charge is 0.433 e. The van der Waals surface area contributed by atoms with Gasteiger partial charge in [-0.25, -0.2) is 19.3 Å². The van der Waals surface area contributed by atoms with E-state index in [4.69, 9.17) is 4.42 Å². The minimum Gasteiger partial charge on any atom is -0.443 e. The van der Waals surface area contributed by atoms with Crippen molar-refractivity contribution in [3.63, 3.8) is 0 Å². The summed E-state index contributed by atoms with van der Waals surface area (Å²) < 4.78 is 56.5. The molecule has 0 spiro atoms. The van der Waals surface area contributed by atoms with Gasteiger partial charge in [-0.1, -0.05) is 0 Å². The second-order valence-corrected chi connectivity index (χ2v) is 5.53. The zero-order valence-corrected chi connectivity index (χ0v) is 13.8. The summed E-state index contributed by atoms with van der Waals surface area (Å²) in [4.78, 5) is 23.5. The molecule has 0 aliphatic heterocycles. The summed E-state index contributed by atoms with van der Waals surface area (Å²) >= 11 is 0.